The molecule has 0 saturated heterocycles. The lowest BCUT2D eigenvalue weighted by atomic mass is 9.92. The van der Waals surface area contributed by atoms with Crippen molar-refractivity contribution in [1.29, 1.82) is 0 Å². The monoisotopic (exact) mass is 470 g/mol. The standard InChI is InChI=1S/C28H26N2O5/c1-34-27(32)25(30-26(31)17-29-28(33)35-18-19-9-3-2-4-10-19)16-24-22-13-7-5-11-20(22)15-21-12-6-8-14-23(21)24/h2-15,25H,16-18H2,1H3,(H,29,33)(H,30,31)/t25-/m1/s1. The minimum absolute atomic E-state index is 0.0905. The van der Waals surface area contributed by atoms with Gasteiger partial charge < -0.3 is 20.1 Å². The minimum Gasteiger partial charge on any atom is -0.467 e. The maximum absolute atomic E-state index is 12.6. The van der Waals surface area contributed by atoms with Gasteiger partial charge in [-0.25, -0.2) is 9.59 Å². The second-order valence-corrected chi connectivity index (χ2v) is 8.06. The number of benzene rings is 4. The first kappa shape index (κ1) is 23.8. The Hall–Kier alpha value is -4.39. The van der Waals surface area contributed by atoms with E-state index >= 15 is 0 Å². The first-order valence-corrected chi connectivity index (χ1v) is 11.3. The van der Waals surface area contributed by atoms with Gasteiger partial charge in [0.15, 0.2) is 0 Å². The molecule has 0 saturated carbocycles. The molecule has 35 heavy (non-hydrogen) atoms. The van der Waals surface area contributed by atoms with Gasteiger partial charge in [0.05, 0.1) is 7.11 Å². The number of methoxy groups -OCH3 is 1. The van der Waals surface area contributed by atoms with E-state index in [9.17, 15) is 14.4 Å². The van der Waals surface area contributed by atoms with E-state index in [1.807, 2.05) is 78.9 Å². The van der Waals surface area contributed by atoms with E-state index < -0.39 is 24.0 Å². The first-order chi connectivity index (χ1) is 17.0. The number of esters is 1. The molecule has 0 aliphatic rings. The highest BCUT2D eigenvalue weighted by molar-refractivity contribution is 6.02. The van der Waals surface area contributed by atoms with Crippen molar-refractivity contribution in [2.24, 2.45) is 0 Å². The number of ether oxygens (including phenoxy) is 2. The molecule has 0 aliphatic carbocycles. The summed E-state index contributed by atoms with van der Waals surface area (Å²) in [4.78, 5) is 37.1. The quantitative estimate of drug-likeness (QED) is 0.299. The molecule has 4 aromatic rings. The van der Waals surface area contributed by atoms with E-state index in [4.69, 9.17) is 9.47 Å². The van der Waals surface area contributed by atoms with E-state index in [2.05, 4.69) is 16.7 Å². The van der Waals surface area contributed by atoms with E-state index in [1.54, 1.807) is 0 Å². The maximum atomic E-state index is 12.6. The highest BCUT2D eigenvalue weighted by Crippen LogP contribution is 2.29. The van der Waals surface area contributed by atoms with E-state index in [0.29, 0.717) is 0 Å². The summed E-state index contributed by atoms with van der Waals surface area (Å²) in [6.45, 7) is -0.245. The van der Waals surface area contributed by atoms with Crippen LogP contribution < -0.4 is 10.6 Å². The van der Waals surface area contributed by atoms with Crippen LogP contribution in [0.5, 0.6) is 0 Å². The molecular weight excluding hydrogens is 444 g/mol. The van der Waals surface area contributed by atoms with Crippen LogP contribution in [0.4, 0.5) is 4.79 Å². The summed E-state index contributed by atoms with van der Waals surface area (Å²) in [5, 5.41) is 9.18. The highest BCUT2D eigenvalue weighted by atomic mass is 16.5. The van der Waals surface area contributed by atoms with Crippen molar-refractivity contribution in [2.75, 3.05) is 13.7 Å². The summed E-state index contributed by atoms with van der Waals surface area (Å²) >= 11 is 0. The van der Waals surface area contributed by atoms with Gasteiger partial charge in [-0.2, -0.15) is 0 Å². The normalized spacial score (nSPS) is 11.6. The van der Waals surface area contributed by atoms with Crippen LogP contribution in [-0.4, -0.2) is 37.7 Å². The zero-order valence-electron chi connectivity index (χ0n) is 19.3. The van der Waals surface area contributed by atoms with Crippen LogP contribution in [0.3, 0.4) is 0 Å². The van der Waals surface area contributed by atoms with Crippen LogP contribution >= 0.6 is 0 Å². The second kappa shape index (κ2) is 11.2. The molecule has 2 N–H and O–H groups in total. The Labute approximate surface area is 203 Å². The molecular formula is C28H26N2O5. The van der Waals surface area contributed by atoms with Gasteiger partial charge in [-0.3, -0.25) is 4.79 Å². The molecule has 178 valence electrons. The van der Waals surface area contributed by atoms with Crippen molar-refractivity contribution in [3.05, 3.63) is 96.1 Å². The highest BCUT2D eigenvalue weighted by Gasteiger charge is 2.24. The van der Waals surface area contributed by atoms with Gasteiger partial charge in [0.25, 0.3) is 0 Å². The Morgan fingerprint density at radius 2 is 1.43 bits per heavy atom. The summed E-state index contributed by atoms with van der Waals surface area (Å²) in [5.41, 5.74) is 1.77. The minimum atomic E-state index is -0.927. The van der Waals surface area contributed by atoms with Crippen molar-refractivity contribution in [3.63, 3.8) is 0 Å². The fourth-order valence-corrected chi connectivity index (χ4v) is 4.04. The SMILES string of the molecule is COC(=O)[C@@H](Cc1c2ccccc2cc2ccccc12)NC(=O)CNC(=O)OCc1ccccc1. The van der Waals surface area contributed by atoms with Gasteiger partial charge in [-0.15, -0.1) is 0 Å². The van der Waals surface area contributed by atoms with Crippen molar-refractivity contribution in [1.82, 2.24) is 10.6 Å². The molecule has 0 bridgehead atoms. The van der Waals surface area contributed by atoms with Crippen molar-refractivity contribution in [2.45, 2.75) is 19.1 Å². The molecule has 7 nitrogen and oxygen atoms in total. The number of rotatable bonds is 8. The molecule has 0 fully saturated rings. The maximum Gasteiger partial charge on any atom is 0.407 e. The van der Waals surface area contributed by atoms with Crippen molar-refractivity contribution in [3.8, 4) is 0 Å². The lowest BCUT2D eigenvalue weighted by molar-refractivity contribution is -0.144. The largest absolute Gasteiger partial charge is 0.467 e. The zero-order chi connectivity index (χ0) is 24.6. The number of carbonyl (C=O) groups is 3. The van der Waals surface area contributed by atoms with Crippen LogP contribution in [0.2, 0.25) is 0 Å². The summed E-state index contributed by atoms with van der Waals surface area (Å²) in [6.07, 6.45) is -0.489. The summed E-state index contributed by atoms with van der Waals surface area (Å²) in [7, 11) is 1.28. The number of hydrogen-bond donors (Lipinski definition) is 2. The Morgan fingerprint density at radius 3 is 2.06 bits per heavy atom. The molecule has 7 heteroatoms. The number of nitrogens with one attached hydrogen (secondary N) is 2. The van der Waals surface area contributed by atoms with Gasteiger partial charge in [0.2, 0.25) is 5.91 Å². The number of alkyl carbamates (subject to hydrolysis) is 1. The van der Waals surface area contributed by atoms with E-state index in [-0.39, 0.29) is 19.6 Å². The fraction of sp³-hybridized carbons (Fsp3) is 0.179. The molecule has 0 heterocycles. The summed E-state index contributed by atoms with van der Waals surface area (Å²) in [5.74, 6) is -1.09. The predicted molar refractivity (Wildman–Crippen MR) is 134 cm³/mol. The van der Waals surface area contributed by atoms with Gasteiger partial charge in [0.1, 0.15) is 19.2 Å². The summed E-state index contributed by atoms with van der Waals surface area (Å²) < 4.78 is 10.1. The third-order valence-electron chi connectivity index (χ3n) is 5.72. The van der Waals surface area contributed by atoms with Crippen LogP contribution in [0, 0.1) is 0 Å². The molecule has 0 spiro atoms. The average Bonchev–Trinajstić information content (AvgIpc) is 2.90. The smallest absolute Gasteiger partial charge is 0.407 e. The summed E-state index contributed by atoms with van der Waals surface area (Å²) in [6, 6.07) is 26.2. The third-order valence-corrected chi connectivity index (χ3v) is 5.72. The van der Waals surface area contributed by atoms with Crippen molar-refractivity contribution < 1.29 is 23.9 Å². The van der Waals surface area contributed by atoms with Crippen LogP contribution in [-0.2, 0) is 32.1 Å². The van der Waals surface area contributed by atoms with Crippen LogP contribution in [0.15, 0.2) is 84.9 Å². The predicted octanol–water partition coefficient (Wildman–Crippen LogP) is 4.12. The molecule has 2 amide bonds. The van der Waals surface area contributed by atoms with Gasteiger partial charge >= 0.3 is 12.1 Å². The molecule has 0 radical (unpaired) electrons. The lowest BCUT2D eigenvalue weighted by Gasteiger charge is -2.19. The molecule has 4 aromatic carbocycles. The number of hydrogen-bond acceptors (Lipinski definition) is 5. The fourth-order valence-electron chi connectivity index (χ4n) is 4.04. The Balaban J connectivity index is 1.45. The van der Waals surface area contributed by atoms with Gasteiger partial charge in [-0.05, 0) is 38.7 Å². The average molecular weight is 471 g/mol. The van der Waals surface area contributed by atoms with Gasteiger partial charge in [-0.1, -0.05) is 78.9 Å². The lowest BCUT2D eigenvalue weighted by Crippen LogP contribution is -2.47. The first-order valence-electron chi connectivity index (χ1n) is 11.3. The molecule has 0 unspecified atom stereocenters. The van der Waals surface area contributed by atoms with E-state index in [0.717, 1.165) is 32.7 Å². The molecule has 4 rings (SSSR count). The van der Waals surface area contributed by atoms with Crippen LogP contribution in [0.25, 0.3) is 21.5 Å². The third kappa shape index (κ3) is 5.95. The van der Waals surface area contributed by atoms with Crippen molar-refractivity contribution >= 4 is 39.5 Å². The number of fused-ring (bicyclic) bond motifs is 2. The Morgan fingerprint density at radius 1 is 0.829 bits per heavy atom. The molecule has 0 aromatic heterocycles. The molecule has 1 atom stereocenters. The second-order valence-electron chi connectivity index (χ2n) is 8.06. The molecule has 0 aliphatic heterocycles. The topological polar surface area (TPSA) is 93.7 Å². The van der Waals surface area contributed by atoms with Gasteiger partial charge in [0, 0.05) is 6.42 Å². The van der Waals surface area contributed by atoms with Crippen LogP contribution in [0.1, 0.15) is 11.1 Å². The number of carbonyl (C=O) groups excluding carboxylic acids is 3. The Bertz CT molecular complexity index is 1300. The van der Waals surface area contributed by atoms with E-state index in [1.165, 1.54) is 7.11 Å². The Kier molecular flexibility index (Phi) is 7.57. The number of amides is 2. The zero-order valence-corrected chi connectivity index (χ0v) is 19.3.